The summed E-state index contributed by atoms with van der Waals surface area (Å²) in [6.45, 7) is 8.43. The normalized spacial score (nSPS) is 21.9. The van der Waals surface area contributed by atoms with Crippen molar-refractivity contribution in [2.45, 2.75) is 52.2 Å². The lowest BCUT2D eigenvalue weighted by Crippen LogP contribution is -2.36. The Morgan fingerprint density at radius 3 is 2.94 bits per heavy atom. The fraction of sp³-hybridized carbons (Fsp3) is 0.714. The van der Waals surface area contributed by atoms with Crippen LogP contribution in [0.4, 0.5) is 0 Å². The van der Waals surface area contributed by atoms with Crippen LogP contribution in [-0.2, 0) is 13.1 Å². The summed E-state index contributed by atoms with van der Waals surface area (Å²) in [5.74, 6) is 2.15. The summed E-state index contributed by atoms with van der Waals surface area (Å²) in [7, 11) is 0. The van der Waals surface area contributed by atoms with Gasteiger partial charge in [-0.2, -0.15) is 0 Å². The zero-order valence-corrected chi connectivity index (χ0v) is 11.0. The Morgan fingerprint density at radius 2 is 2.18 bits per heavy atom. The van der Waals surface area contributed by atoms with E-state index in [9.17, 15) is 0 Å². The van der Waals surface area contributed by atoms with Gasteiger partial charge in [-0.25, -0.2) is 0 Å². The third-order valence-corrected chi connectivity index (χ3v) is 3.57. The van der Waals surface area contributed by atoms with Crippen LogP contribution in [-0.4, -0.2) is 24.0 Å². The third-order valence-electron chi connectivity index (χ3n) is 3.57. The number of rotatable bonds is 5. The van der Waals surface area contributed by atoms with Crippen LogP contribution in [0.3, 0.4) is 0 Å². The third kappa shape index (κ3) is 3.58. The standard InChI is InChI=1S/C14H24N2O/c1-3-15-10-13-7-8-14(17-13)11-16-9-5-4-6-12(16)2/h7-8,12,15H,3-6,9-11H2,1-2H3. The molecular formula is C14H24N2O. The molecule has 3 nitrogen and oxygen atoms in total. The Hall–Kier alpha value is -0.800. The van der Waals surface area contributed by atoms with Crippen molar-refractivity contribution in [2.24, 2.45) is 0 Å². The summed E-state index contributed by atoms with van der Waals surface area (Å²) in [6, 6.07) is 4.91. The molecular weight excluding hydrogens is 212 g/mol. The van der Waals surface area contributed by atoms with E-state index in [4.69, 9.17) is 4.42 Å². The molecule has 1 aromatic rings. The molecule has 96 valence electrons. The van der Waals surface area contributed by atoms with E-state index in [0.29, 0.717) is 6.04 Å². The zero-order valence-electron chi connectivity index (χ0n) is 11.0. The lowest BCUT2D eigenvalue weighted by atomic mass is 10.0. The van der Waals surface area contributed by atoms with Crippen molar-refractivity contribution in [2.75, 3.05) is 13.1 Å². The van der Waals surface area contributed by atoms with E-state index in [2.05, 4.69) is 36.2 Å². The number of piperidine rings is 1. The maximum atomic E-state index is 5.83. The van der Waals surface area contributed by atoms with Gasteiger partial charge in [0.2, 0.25) is 0 Å². The highest BCUT2D eigenvalue weighted by Crippen LogP contribution is 2.20. The Morgan fingerprint density at radius 1 is 1.35 bits per heavy atom. The second-order valence-corrected chi connectivity index (χ2v) is 4.96. The monoisotopic (exact) mass is 236 g/mol. The summed E-state index contributed by atoms with van der Waals surface area (Å²) in [4.78, 5) is 2.53. The van der Waals surface area contributed by atoms with Crippen LogP contribution in [0.15, 0.2) is 16.5 Å². The minimum atomic E-state index is 0.700. The molecule has 0 bridgehead atoms. The van der Waals surface area contributed by atoms with Crippen molar-refractivity contribution < 1.29 is 4.42 Å². The van der Waals surface area contributed by atoms with Gasteiger partial charge in [0.15, 0.2) is 0 Å². The van der Waals surface area contributed by atoms with Gasteiger partial charge in [0.05, 0.1) is 13.1 Å². The zero-order chi connectivity index (χ0) is 12.1. The van der Waals surface area contributed by atoms with Gasteiger partial charge in [0.1, 0.15) is 11.5 Å². The Balaban J connectivity index is 1.87. The fourth-order valence-electron chi connectivity index (χ4n) is 2.44. The van der Waals surface area contributed by atoms with Gasteiger partial charge in [-0.05, 0) is 45.0 Å². The van der Waals surface area contributed by atoms with Crippen LogP contribution in [0.2, 0.25) is 0 Å². The molecule has 17 heavy (non-hydrogen) atoms. The largest absolute Gasteiger partial charge is 0.463 e. The molecule has 0 aromatic carbocycles. The molecule has 1 atom stereocenters. The average molecular weight is 236 g/mol. The van der Waals surface area contributed by atoms with Crippen LogP contribution in [0.1, 0.15) is 44.6 Å². The van der Waals surface area contributed by atoms with Crippen molar-refractivity contribution in [1.29, 1.82) is 0 Å². The maximum absolute atomic E-state index is 5.83. The molecule has 2 heterocycles. The lowest BCUT2D eigenvalue weighted by molar-refractivity contribution is 0.141. The highest BCUT2D eigenvalue weighted by Gasteiger charge is 2.19. The summed E-state index contributed by atoms with van der Waals surface area (Å²) >= 11 is 0. The minimum Gasteiger partial charge on any atom is -0.463 e. The summed E-state index contributed by atoms with van der Waals surface area (Å²) in [5.41, 5.74) is 0. The molecule has 0 spiro atoms. The predicted molar refractivity (Wildman–Crippen MR) is 69.8 cm³/mol. The van der Waals surface area contributed by atoms with Crippen LogP contribution in [0.5, 0.6) is 0 Å². The molecule has 2 rings (SSSR count). The molecule has 0 amide bonds. The Bertz CT molecular complexity index is 335. The molecule has 0 radical (unpaired) electrons. The SMILES string of the molecule is CCNCc1ccc(CN2CCCCC2C)o1. The van der Waals surface area contributed by atoms with E-state index in [-0.39, 0.29) is 0 Å². The van der Waals surface area contributed by atoms with Crippen molar-refractivity contribution in [3.05, 3.63) is 23.7 Å². The summed E-state index contributed by atoms with van der Waals surface area (Å²) < 4.78 is 5.83. The van der Waals surface area contributed by atoms with Crippen molar-refractivity contribution >= 4 is 0 Å². The number of furan rings is 1. The smallest absolute Gasteiger partial charge is 0.118 e. The number of hydrogen-bond donors (Lipinski definition) is 1. The predicted octanol–water partition coefficient (Wildman–Crippen LogP) is 2.76. The molecule has 1 unspecified atom stereocenters. The number of nitrogens with one attached hydrogen (secondary N) is 1. The van der Waals surface area contributed by atoms with E-state index in [1.807, 2.05) is 0 Å². The highest BCUT2D eigenvalue weighted by atomic mass is 16.3. The number of hydrogen-bond acceptors (Lipinski definition) is 3. The van der Waals surface area contributed by atoms with Crippen LogP contribution >= 0.6 is 0 Å². The van der Waals surface area contributed by atoms with E-state index >= 15 is 0 Å². The number of likely N-dealkylation sites (tertiary alicyclic amines) is 1. The first-order valence-corrected chi connectivity index (χ1v) is 6.82. The highest BCUT2D eigenvalue weighted by molar-refractivity contribution is 5.07. The molecule has 1 aliphatic rings. The summed E-state index contributed by atoms with van der Waals surface area (Å²) in [6.07, 6.45) is 4.03. The second kappa shape index (κ2) is 6.22. The van der Waals surface area contributed by atoms with Gasteiger partial charge in [-0.15, -0.1) is 0 Å². The van der Waals surface area contributed by atoms with Crippen LogP contribution in [0.25, 0.3) is 0 Å². The molecule has 1 saturated heterocycles. The molecule has 3 heteroatoms. The van der Waals surface area contributed by atoms with Crippen molar-refractivity contribution in [3.63, 3.8) is 0 Å². The molecule has 0 aliphatic carbocycles. The lowest BCUT2D eigenvalue weighted by Gasteiger charge is -2.32. The molecule has 1 aliphatic heterocycles. The molecule has 0 saturated carbocycles. The van der Waals surface area contributed by atoms with Gasteiger partial charge in [-0.1, -0.05) is 13.3 Å². The average Bonchev–Trinajstić information content (AvgIpc) is 2.77. The molecule has 1 aromatic heterocycles. The van der Waals surface area contributed by atoms with Gasteiger partial charge in [0, 0.05) is 6.04 Å². The topological polar surface area (TPSA) is 28.4 Å². The van der Waals surface area contributed by atoms with E-state index in [1.54, 1.807) is 0 Å². The molecule has 1 N–H and O–H groups in total. The van der Waals surface area contributed by atoms with Crippen molar-refractivity contribution in [3.8, 4) is 0 Å². The van der Waals surface area contributed by atoms with Gasteiger partial charge in [-0.3, -0.25) is 4.90 Å². The minimum absolute atomic E-state index is 0.700. The van der Waals surface area contributed by atoms with E-state index in [0.717, 1.165) is 31.2 Å². The first-order chi connectivity index (χ1) is 8.29. The van der Waals surface area contributed by atoms with E-state index in [1.165, 1.54) is 25.8 Å². The Kier molecular flexibility index (Phi) is 4.63. The first kappa shape index (κ1) is 12.7. The fourth-order valence-corrected chi connectivity index (χ4v) is 2.44. The first-order valence-electron chi connectivity index (χ1n) is 6.82. The van der Waals surface area contributed by atoms with Crippen LogP contribution in [0, 0.1) is 0 Å². The second-order valence-electron chi connectivity index (χ2n) is 4.96. The Labute approximate surface area is 104 Å². The maximum Gasteiger partial charge on any atom is 0.118 e. The van der Waals surface area contributed by atoms with E-state index < -0.39 is 0 Å². The molecule has 1 fully saturated rings. The summed E-state index contributed by atoms with van der Waals surface area (Å²) in [5, 5.41) is 3.28. The van der Waals surface area contributed by atoms with Crippen LogP contribution < -0.4 is 5.32 Å². The van der Waals surface area contributed by atoms with Gasteiger partial charge < -0.3 is 9.73 Å². The quantitative estimate of drug-likeness (QED) is 0.852. The van der Waals surface area contributed by atoms with Gasteiger partial charge >= 0.3 is 0 Å². The number of nitrogens with zero attached hydrogens (tertiary/aromatic N) is 1. The van der Waals surface area contributed by atoms with Crippen molar-refractivity contribution in [1.82, 2.24) is 10.2 Å². The van der Waals surface area contributed by atoms with Gasteiger partial charge in [0.25, 0.3) is 0 Å².